The van der Waals surface area contributed by atoms with E-state index in [9.17, 15) is 4.79 Å². The van der Waals surface area contributed by atoms with Crippen molar-refractivity contribution in [2.75, 3.05) is 21.3 Å². The summed E-state index contributed by atoms with van der Waals surface area (Å²) in [5, 5.41) is 4.60. The zero-order valence-electron chi connectivity index (χ0n) is 13.8. The van der Waals surface area contributed by atoms with Gasteiger partial charge in [-0.05, 0) is 24.3 Å². The first kappa shape index (κ1) is 18.9. The third kappa shape index (κ3) is 4.55. The van der Waals surface area contributed by atoms with E-state index in [2.05, 4.69) is 10.5 Å². The minimum atomic E-state index is -0.422. The van der Waals surface area contributed by atoms with Gasteiger partial charge in [-0.2, -0.15) is 5.10 Å². The Kier molecular flexibility index (Phi) is 6.50. The van der Waals surface area contributed by atoms with E-state index in [1.165, 1.54) is 33.6 Å². The number of halogens is 2. The normalized spacial score (nSPS) is 10.6. The molecular weight excluding hydrogens is 367 g/mol. The lowest BCUT2D eigenvalue weighted by Gasteiger charge is -2.11. The Bertz CT molecular complexity index is 809. The second-order valence-electron chi connectivity index (χ2n) is 4.78. The highest BCUT2D eigenvalue weighted by Crippen LogP contribution is 2.33. The summed E-state index contributed by atoms with van der Waals surface area (Å²) in [6.45, 7) is 0. The van der Waals surface area contributed by atoms with E-state index in [1.807, 2.05) is 0 Å². The number of hydrogen-bond acceptors (Lipinski definition) is 5. The van der Waals surface area contributed by atoms with Crippen molar-refractivity contribution in [3.05, 3.63) is 51.5 Å². The SMILES string of the molecule is COc1cc(OC)c(OC)cc1C=NNC(=O)c1ccc(Cl)c(Cl)c1. The van der Waals surface area contributed by atoms with Crippen LogP contribution in [0.5, 0.6) is 17.2 Å². The molecule has 0 fully saturated rings. The average molecular weight is 383 g/mol. The van der Waals surface area contributed by atoms with Gasteiger partial charge in [-0.25, -0.2) is 5.43 Å². The molecule has 0 unspecified atom stereocenters. The number of nitrogens with one attached hydrogen (secondary N) is 1. The fourth-order valence-electron chi connectivity index (χ4n) is 2.02. The maximum Gasteiger partial charge on any atom is 0.271 e. The van der Waals surface area contributed by atoms with Crippen LogP contribution in [-0.4, -0.2) is 33.5 Å². The van der Waals surface area contributed by atoms with Gasteiger partial charge in [-0.1, -0.05) is 23.2 Å². The van der Waals surface area contributed by atoms with E-state index in [1.54, 1.807) is 24.3 Å². The summed E-state index contributed by atoms with van der Waals surface area (Å²) in [5.41, 5.74) is 3.36. The molecule has 1 N–H and O–H groups in total. The Labute approximate surface area is 155 Å². The van der Waals surface area contributed by atoms with Crippen molar-refractivity contribution < 1.29 is 19.0 Å². The number of rotatable bonds is 6. The van der Waals surface area contributed by atoms with Crippen LogP contribution in [0, 0.1) is 0 Å². The zero-order valence-corrected chi connectivity index (χ0v) is 15.3. The van der Waals surface area contributed by atoms with Crippen molar-refractivity contribution in [2.45, 2.75) is 0 Å². The predicted molar refractivity (Wildman–Crippen MR) is 97.6 cm³/mol. The molecule has 1 amide bonds. The van der Waals surface area contributed by atoms with Crippen LogP contribution in [0.2, 0.25) is 10.0 Å². The Morgan fingerprint density at radius 3 is 2.20 bits per heavy atom. The summed E-state index contributed by atoms with van der Waals surface area (Å²) in [7, 11) is 4.58. The average Bonchev–Trinajstić information content (AvgIpc) is 2.63. The van der Waals surface area contributed by atoms with E-state index >= 15 is 0 Å². The van der Waals surface area contributed by atoms with Crippen molar-refractivity contribution in [3.63, 3.8) is 0 Å². The summed E-state index contributed by atoms with van der Waals surface area (Å²) in [6.07, 6.45) is 1.44. The molecule has 0 aliphatic rings. The number of benzene rings is 2. The van der Waals surface area contributed by atoms with Crippen LogP contribution in [0.3, 0.4) is 0 Å². The largest absolute Gasteiger partial charge is 0.496 e. The molecule has 2 aromatic carbocycles. The third-order valence-electron chi connectivity index (χ3n) is 3.29. The molecule has 0 spiro atoms. The molecule has 0 aliphatic carbocycles. The van der Waals surface area contributed by atoms with Gasteiger partial charge in [-0.3, -0.25) is 4.79 Å². The molecule has 0 aromatic heterocycles. The van der Waals surface area contributed by atoms with Crippen molar-refractivity contribution in [1.82, 2.24) is 5.43 Å². The van der Waals surface area contributed by atoms with Gasteiger partial charge >= 0.3 is 0 Å². The molecule has 2 rings (SSSR count). The van der Waals surface area contributed by atoms with Gasteiger partial charge in [0.05, 0.1) is 37.6 Å². The first-order valence-corrected chi connectivity index (χ1v) is 7.84. The van der Waals surface area contributed by atoms with Gasteiger partial charge in [0.2, 0.25) is 0 Å². The minimum Gasteiger partial charge on any atom is -0.496 e. The fourth-order valence-corrected chi connectivity index (χ4v) is 2.31. The number of methoxy groups -OCH3 is 3. The topological polar surface area (TPSA) is 69.2 Å². The molecule has 0 saturated carbocycles. The molecule has 0 bridgehead atoms. The van der Waals surface area contributed by atoms with Crippen molar-refractivity contribution in [2.24, 2.45) is 5.10 Å². The molecule has 6 nitrogen and oxygen atoms in total. The standard InChI is InChI=1S/C17H16Cl2N2O4/c1-23-14-8-16(25-3)15(24-2)7-11(14)9-20-21-17(22)10-4-5-12(18)13(19)6-10/h4-9H,1-3H3,(H,21,22). The number of ether oxygens (including phenoxy) is 3. The van der Waals surface area contributed by atoms with E-state index < -0.39 is 5.91 Å². The van der Waals surface area contributed by atoms with Gasteiger partial charge in [0.1, 0.15) is 5.75 Å². The van der Waals surface area contributed by atoms with E-state index in [0.29, 0.717) is 38.4 Å². The van der Waals surface area contributed by atoms with E-state index in [0.717, 1.165) is 0 Å². The lowest BCUT2D eigenvalue weighted by Crippen LogP contribution is -2.17. The Hall–Kier alpha value is -2.44. The van der Waals surface area contributed by atoms with E-state index in [-0.39, 0.29) is 0 Å². The van der Waals surface area contributed by atoms with Crippen LogP contribution in [0.15, 0.2) is 35.4 Å². The summed E-state index contributed by atoms with van der Waals surface area (Å²) in [4.78, 5) is 12.1. The van der Waals surface area contributed by atoms with Crippen LogP contribution in [0.25, 0.3) is 0 Å². The zero-order chi connectivity index (χ0) is 18.4. The smallest absolute Gasteiger partial charge is 0.271 e. The first-order valence-electron chi connectivity index (χ1n) is 7.08. The van der Waals surface area contributed by atoms with Crippen LogP contribution in [0.1, 0.15) is 15.9 Å². The predicted octanol–water partition coefficient (Wildman–Crippen LogP) is 3.78. The molecule has 132 valence electrons. The van der Waals surface area contributed by atoms with Crippen molar-refractivity contribution in [3.8, 4) is 17.2 Å². The second-order valence-corrected chi connectivity index (χ2v) is 5.59. The van der Waals surface area contributed by atoms with Gasteiger partial charge in [0.15, 0.2) is 11.5 Å². The minimum absolute atomic E-state index is 0.292. The number of hydrogen-bond donors (Lipinski definition) is 1. The summed E-state index contributed by atoms with van der Waals surface area (Å²) < 4.78 is 15.7. The van der Waals surface area contributed by atoms with Gasteiger partial charge < -0.3 is 14.2 Å². The molecular formula is C17H16Cl2N2O4. The first-order chi connectivity index (χ1) is 12.0. The van der Waals surface area contributed by atoms with Crippen molar-refractivity contribution in [1.29, 1.82) is 0 Å². The van der Waals surface area contributed by atoms with Crippen LogP contribution < -0.4 is 19.6 Å². The van der Waals surface area contributed by atoms with Gasteiger partial charge in [0, 0.05) is 17.2 Å². The molecule has 8 heteroatoms. The number of nitrogens with zero attached hydrogens (tertiary/aromatic N) is 1. The molecule has 0 radical (unpaired) electrons. The summed E-state index contributed by atoms with van der Waals surface area (Å²) >= 11 is 11.7. The molecule has 25 heavy (non-hydrogen) atoms. The van der Waals surface area contributed by atoms with Gasteiger partial charge in [0.25, 0.3) is 5.91 Å². The van der Waals surface area contributed by atoms with Crippen LogP contribution in [0.4, 0.5) is 0 Å². The molecule has 2 aromatic rings. The third-order valence-corrected chi connectivity index (χ3v) is 4.03. The lowest BCUT2D eigenvalue weighted by atomic mass is 10.2. The lowest BCUT2D eigenvalue weighted by molar-refractivity contribution is 0.0955. The Balaban J connectivity index is 2.18. The molecule has 0 saturated heterocycles. The number of amides is 1. The highest BCUT2D eigenvalue weighted by Gasteiger charge is 2.11. The highest BCUT2D eigenvalue weighted by molar-refractivity contribution is 6.42. The Morgan fingerprint density at radius 1 is 0.960 bits per heavy atom. The van der Waals surface area contributed by atoms with E-state index in [4.69, 9.17) is 37.4 Å². The molecule has 0 atom stereocenters. The molecule has 0 heterocycles. The Morgan fingerprint density at radius 2 is 1.60 bits per heavy atom. The number of carbonyl (C=O) groups is 1. The number of carbonyl (C=O) groups excluding carboxylic acids is 1. The maximum atomic E-state index is 12.1. The fraction of sp³-hybridized carbons (Fsp3) is 0.176. The highest BCUT2D eigenvalue weighted by atomic mass is 35.5. The second kappa shape index (κ2) is 8.60. The summed E-state index contributed by atoms with van der Waals surface area (Å²) in [6, 6.07) is 7.91. The number of hydrazone groups is 1. The quantitative estimate of drug-likeness (QED) is 0.609. The van der Waals surface area contributed by atoms with Gasteiger partial charge in [-0.15, -0.1) is 0 Å². The van der Waals surface area contributed by atoms with Crippen molar-refractivity contribution >= 4 is 35.3 Å². The van der Waals surface area contributed by atoms with Crippen LogP contribution >= 0.6 is 23.2 Å². The molecule has 0 aliphatic heterocycles. The monoisotopic (exact) mass is 382 g/mol. The maximum absolute atomic E-state index is 12.1. The summed E-state index contributed by atoms with van der Waals surface area (Å²) in [5.74, 6) is 1.14. The van der Waals surface area contributed by atoms with Crippen LogP contribution in [-0.2, 0) is 0 Å².